The average Bonchev–Trinajstić information content (AvgIpc) is 2.91. The number of nitrogen functional groups attached to an aromatic ring is 1. The smallest absolute Gasteiger partial charge is 0.254 e. The van der Waals surface area contributed by atoms with Crippen molar-refractivity contribution in [2.24, 2.45) is 0 Å². The number of hydrogen-bond acceptors (Lipinski definition) is 2. The molecule has 2 N–H and O–H groups in total. The first-order valence-corrected chi connectivity index (χ1v) is 7.80. The number of carbonyl (C=O) groups is 1. The molecule has 1 aliphatic heterocycles. The zero-order valence-corrected chi connectivity index (χ0v) is 14.3. The summed E-state index contributed by atoms with van der Waals surface area (Å²) < 4.78 is 0. The maximum absolute atomic E-state index is 12.9. The van der Waals surface area contributed by atoms with Gasteiger partial charge in [0.2, 0.25) is 0 Å². The third-order valence-corrected chi connectivity index (χ3v) is 4.74. The minimum Gasteiger partial charge on any atom is -0.399 e. The molecule has 2 unspecified atom stereocenters. The molecule has 0 bridgehead atoms. The lowest BCUT2D eigenvalue weighted by molar-refractivity contribution is 0.0741. The van der Waals surface area contributed by atoms with Gasteiger partial charge in [0.15, 0.2) is 0 Å². The zero-order chi connectivity index (χ0) is 15.7. The minimum absolute atomic E-state index is 0. The van der Waals surface area contributed by atoms with Gasteiger partial charge in [-0.2, -0.15) is 0 Å². The molecule has 1 aliphatic rings. The summed E-state index contributed by atoms with van der Waals surface area (Å²) in [6.45, 7) is 4.90. The molecule has 0 aromatic heterocycles. The van der Waals surface area contributed by atoms with Crippen molar-refractivity contribution in [3.05, 3.63) is 65.2 Å². The van der Waals surface area contributed by atoms with Gasteiger partial charge >= 0.3 is 0 Å². The molecule has 0 radical (unpaired) electrons. The van der Waals surface area contributed by atoms with E-state index in [1.165, 1.54) is 5.56 Å². The van der Waals surface area contributed by atoms with Gasteiger partial charge in [-0.25, -0.2) is 0 Å². The number of nitrogens with two attached hydrogens (primary N) is 1. The van der Waals surface area contributed by atoms with Crippen LogP contribution >= 0.6 is 12.4 Å². The van der Waals surface area contributed by atoms with E-state index < -0.39 is 0 Å². The Bertz CT molecular complexity index is 687. The van der Waals surface area contributed by atoms with Crippen molar-refractivity contribution >= 4 is 24.0 Å². The standard InChI is InChI=1S/C19H22N2O.ClH/c1-13-8-9-16(20)12-18(13)19(22)21-11-10-17(14(21)2)15-6-4-3-5-7-15;/h3-9,12,14,17H,10-11,20H2,1-2H3;1H. The summed E-state index contributed by atoms with van der Waals surface area (Å²) in [5.74, 6) is 0.502. The van der Waals surface area contributed by atoms with Crippen molar-refractivity contribution in [2.45, 2.75) is 32.2 Å². The Morgan fingerprint density at radius 2 is 1.87 bits per heavy atom. The zero-order valence-electron chi connectivity index (χ0n) is 13.5. The molecule has 0 spiro atoms. The molecule has 1 saturated heterocycles. The van der Waals surface area contributed by atoms with E-state index in [1.807, 2.05) is 30.0 Å². The highest BCUT2D eigenvalue weighted by Crippen LogP contribution is 2.34. The minimum atomic E-state index is 0. The fraction of sp³-hybridized carbons (Fsp3) is 0.316. The van der Waals surface area contributed by atoms with E-state index >= 15 is 0 Å². The predicted octanol–water partition coefficient (Wildman–Crippen LogP) is 4.02. The van der Waals surface area contributed by atoms with Crippen molar-refractivity contribution in [1.82, 2.24) is 4.90 Å². The van der Waals surface area contributed by atoms with E-state index in [0.717, 1.165) is 24.1 Å². The summed E-state index contributed by atoms with van der Waals surface area (Å²) in [6, 6.07) is 16.2. The van der Waals surface area contributed by atoms with Crippen LogP contribution in [0.5, 0.6) is 0 Å². The van der Waals surface area contributed by atoms with Crippen LogP contribution in [0.2, 0.25) is 0 Å². The third kappa shape index (κ3) is 3.35. The first-order chi connectivity index (χ1) is 10.6. The van der Waals surface area contributed by atoms with Crippen molar-refractivity contribution in [1.29, 1.82) is 0 Å². The van der Waals surface area contributed by atoms with E-state index in [9.17, 15) is 4.79 Å². The average molecular weight is 331 g/mol. The van der Waals surface area contributed by atoms with E-state index in [-0.39, 0.29) is 24.4 Å². The highest BCUT2D eigenvalue weighted by molar-refractivity contribution is 5.97. The van der Waals surface area contributed by atoms with Crippen LogP contribution in [0.4, 0.5) is 5.69 Å². The van der Waals surface area contributed by atoms with Gasteiger partial charge in [-0.05, 0) is 43.5 Å². The number of nitrogens with zero attached hydrogens (tertiary/aromatic N) is 1. The number of halogens is 1. The van der Waals surface area contributed by atoms with Gasteiger partial charge in [-0.3, -0.25) is 4.79 Å². The second-order valence-electron chi connectivity index (χ2n) is 6.12. The highest BCUT2D eigenvalue weighted by Gasteiger charge is 2.35. The molecule has 4 heteroatoms. The Kier molecular flexibility index (Phi) is 5.32. The van der Waals surface area contributed by atoms with Crippen molar-refractivity contribution in [3.63, 3.8) is 0 Å². The van der Waals surface area contributed by atoms with Crippen molar-refractivity contribution in [2.75, 3.05) is 12.3 Å². The molecule has 2 aromatic rings. The normalized spacial score (nSPS) is 20.2. The molecule has 2 aromatic carbocycles. The van der Waals surface area contributed by atoms with E-state index in [1.54, 1.807) is 6.07 Å². The number of rotatable bonds is 2. The van der Waals surface area contributed by atoms with Crippen LogP contribution in [0.1, 0.15) is 40.7 Å². The van der Waals surface area contributed by atoms with Crippen LogP contribution in [0.3, 0.4) is 0 Å². The summed E-state index contributed by atoms with van der Waals surface area (Å²) in [5, 5.41) is 0. The Labute approximate surface area is 143 Å². The number of anilines is 1. The van der Waals surface area contributed by atoms with Crippen molar-refractivity contribution in [3.8, 4) is 0 Å². The topological polar surface area (TPSA) is 46.3 Å². The lowest BCUT2D eigenvalue weighted by Crippen LogP contribution is -2.35. The largest absolute Gasteiger partial charge is 0.399 e. The van der Waals surface area contributed by atoms with Crippen LogP contribution in [-0.2, 0) is 0 Å². The van der Waals surface area contributed by atoms with Crippen LogP contribution in [-0.4, -0.2) is 23.4 Å². The second kappa shape index (κ2) is 7.05. The maximum atomic E-state index is 12.9. The lowest BCUT2D eigenvalue weighted by atomic mass is 9.92. The first-order valence-electron chi connectivity index (χ1n) is 7.80. The summed E-state index contributed by atoms with van der Waals surface area (Å²) in [6.07, 6.45) is 1.01. The number of benzene rings is 2. The molecule has 3 nitrogen and oxygen atoms in total. The number of carbonyl (C=O) groups excluding carboxylic acids is 1. The highest BCUT2D eigenvalue weighted by atomic mass is 35.5. The molecule has 122 valence electrons. The molecule has 0 aliphatic carbocycles. The Morgan fingerprint density at radius 1 is 1.17 bits per heavy atom. The van der Waals surface area contributed by atoms with Crippen LogP contribution in [0.25, 0.3) is 0 Å². The monoisotopic (exact) mass is 330 g/mol. The molecule has 0 saturated carbocycles. The lowest BCUT2D eigenvalue weighted by Gasteiger charge is -2.26. The van der Waals surface area contributed by atoms with Gasteiger partial charge in [0.25, 0.3) is 5.91 Å². The number of hydrogen-bond donors (Lipinski definition) is 1. The number of likely N-dealkylation sites (tertiary alicyclic amines) is 1. The third-order valence-electron chi connectivity index (χ3n) is 4.74. The van der Waals surface area contributed by atoms with Gasteiger partial charge in [-0.1, -0.05) is 36.4 Å². The van der Waals surface area contributed by atoms with Gasteiger partial charge in [0, 0.05) is 29.8 Å². The van der Waals surface area contributed by atoms with Gasteiger partial charge in [0.05, 0.1) is 0 Å². The molecular weight excluding hydrogens is 308 g/mol. The van der Waals surface area contributed by atoms with E-state index in [0.29, 0.717) is 11.6 Å². The second-order valence-corrected chi connectivity index (χ2v) is 6.12. The predicted molar refractivity (Wildman–Crippen MR) is 97.1 cm³/mol. The summed E-state index contributed by atoms with van der Waals surface area (Å²) in [5.41, 5.74) is 9.50. The quantitative estimate of drug-likeness (QED) is 0.845. The molecule has 2 atom stereocenters. The fourth-order valence-electron chi connectivity index (χ4n) is 3.40. The molecule has 23 heavy (non-hydrogen) atoms. The SMILES string of the molecule is Cc1ccc(N)cc1C(=O)N1CCC(c2ccccc2)C1C.Cl. The molecule has 1 amide bonds. The van der Waals surface area contributed by atoms with Gasteiger partial charge < -0.3 is 10.6 Å². The number of aryl methyl sites for hydroxylation is 1. The maximum Gasteiger partial charge on any atom is 0.254 e. The van der Waals surface area contributed by atoms with E-state index in [4.69, 9.17) is 5.73 Å². The number of amides is 1. The van der Waals surface area contributed by atoms with Gasteiger partial charge in [0.1, 0.15) is 0 Å². The Morgan fingerprint density at radius 3 is 2.57 bits per heavy atom. The molecular formula is C19H23ClN2O. The summed E-state index contributed by atoms with van der Waals surface area (Å²) >= 11 is 0. The van der Waals surface area contributed by atoms with Gasteiger partial charge in [-0.15, -0.1) is 12.4 Å². The fourth-order valence-corrected chi connectivity index (χ4v) is 3.40. The Balaban J connectivity index is 0.00000192. The van der Waals surface area contributed by atoms with Crippen LogP contribution < -0.4 is 5.73 Å². The first kappa shape index (κ1) is 17.4. The summed E-state index contributed by atoms with van der Waals surface area (Å²) in [7, 11) is 0. The van der Waals surface area contributed by atoms with Crippen molar-refractivity contribution < 1.29 is 4.79 Å². The van der Waals surface area contributed by atoms with Crippen LogP contribution in [0, 0.1) is 6.92 Å². The molecule has 3 rings (SSSR count). The van der Waals surface area contributed by atoms with Crippen LogP contribution in [0.15, 0.2) is 48.5 Å². The van der Waals surface area contributed by atoms with E-state index in [2.05, 4.69) is 31.2 Å². The Hall–Kier alpha value is -2.00. The summed E-state index contributed by atoms with van der Waals surface area (Å²) in [4.78, 5) is 14.9. The molecule has 1 heterocycles. The molecule has 1 fully saturated rings.